The third kappa shape index (κ3) is 6.51. The lowest BCUT2D eigenvalue weighted by Gasteiger charge is -2.30. The highest BCUT2D eigenvalue weighted by molar-refractivity contribution is 7.18. The number of hydrogen-bond donors (Lipinski definition) is 1. The largest absolute Gasteiger partial charge is 0.466 e. The Hall–Kier alpha value is -2.46. The van der Waals surface area contributed by atoms with Crippen LogP contribution in [0.5, 0.6) is 0 Å². The zero-order valence-electron chi connectivity index (χ0n) is 18.4. The van der Waals surface area contributed by atoms with Crippen molar-refractivity contribution in [3.05, 3.63) is 16.0 Å². The van der Waals surface area contributed by atoms with Crippen LogP contribution in [-0.4, -0.2) is 68.2 Å². The van der Waals surface area contributed by atoms with Gasteiger partial charge in [-0.25, -0.2) is 9.59 Å². The van der Waals surface area contributed by atoms with Crippen LogP contribution in [-0.2, 0) is 23.8 Å². The maximum atomic E-state index is 12.6. The fraction of sp³-hybridized carbons (Fsp3) is 0.619. The molecule has 172 valence electrons. The van der Waals surface area contributed by atoms with Crippen LogP contribution in [0.2, 0.25) is 0 Å². The number of carbonyl (C=O) groups is 4. The first-order valence-corrected chi connectivity index (χ1v) is 11.3. The number of piperidine rings is 1. The van der Waals surface area contributed by atoms with E-state index in [1.54, 1.807) is 27.7 Å². The minimum atomic E-state index is -0.600. The van der Waals surface area contributed by atoms with Crippen molar-refractivity contribution in [1.82, 2.24) is 4.90 Å². The molecule has 1 aromatic rings. The number of anilines is 1. The van der Waals surface area contributed by atoms with Crippen molar-refractivity contribution in [3.63, 3.8) is 0 Å². The highest BCUT2D eigenvalue weighted by Crippen LogP contribution is 2.34. The number of ether oxygens (including phenoxy) is 3. The highest BCUT2D eigenvalue weighted by atomic mass is 32.1. The number of nitrogens with one attached hydrogen (secondary N) is 1. The van der Waals surface area contributed by atoms with Gasteiger partial charge in [0.1, 0.15) is 9.88 Å². The van der Waals surface area contributed by atoms with E-state index in [0.717, 1.165) is 11.3 Å². The van der Waals surface area contributed by atoms with E-state index in [1.807, 2.05) is 4.90 Å². The summed E-state index contributed by atoms with van der Waals surface area (Å²) in [5, 5.41) is 3.02. The smallest absolute Gasteiger partial charge is 0.348 e. The molecule has 1 amide bonds. The summed E-state index contributed by atoms with van der Waals surface area (Å²) in [6.07, 6.45) is 1.26. The van der Waals surface area contributed by atoms with Gasteiger partial charge in [-0.15, -0.1) is 11.3 Å². The van der Waals surface area contributed by atoms with E-state index in [9.17, 15) is 19.2 Å². The minimum absolute atomic E-state index is 0.115. The number of nitrogens with zero attached hydrogens (tertiary/aromatic N) is 1. The van der Waals surface area contributed by atoms with E-state index in [1.165, 1.54) is 0 Å². The van der Waals surface area contributed by atoms with Gasteiger partial charge in [0.15, 0.2) is 0 Å². The van der Waals surface area contributed by atoms with Gasteiger partial charge in [-0.3, -0.25) is 14.5 Å². The van der Waals surface area contributed by atoms with Crippen molar-refractivity contribution in [3.8, 4) is 0 Å². The molecule has 0 atom stereocenters. The predicted molar refractivity (Wildman–Crippen MR) is 115 cm³/mol. The van der Waals surface area contributed by atoms with Crippen LogP contribution < -0.4 is 5.32 Å². The third-order valence-electron chi connectivity index (χ3n) is 4.91. The molecule has 31 heavy (non-hydrogen) atoms. The van der Waals surface area contributed by atoms with Crippen molar-refractivity contribution < 1.29 is 33.4 Å². The molecule has 1 fully saturated rings. The molecule has 10 heteroatoms. The lowest BCUT2D eigenvalue weighted by molar-refractivity contribution is -0.149. The van der Waals surface area contributed by atoms with Gasteiger partial charge in [-0.2, -0.15) is 0 Å². The molecule has 0 bridgehead atoms. The maximum Gasteiger partial charge on any atom is 0.348 e. The maximum absolute atomic E-state index is 12.6. The fourth-order valence-electron chi connectivity index (χ4n) is 3.40. The average molecular weight is 455 g/mol. The number of likely N-dealkylation sites (tertiary alicyclic amines) is 1. The summed E-state index contributed by atoms with van der Waals surface area (Å²) in [5.74, 6) is -1.78. The second-order valence-electron chi connectivity index (χ2n) is 7.05. The molecule has 9 nitrogen and oxygen atoms in total. The summed E-state index contributed by atoms with van der Waals surface area (Å²) in [6, 6.07) is 0. The molecule has 0 radical (unpaired) electrons. The van der Waals surface area contributed by atoms with Crippen LogP contribution >= 0.6 is 11.3 Å². The summed E-state index contributed by atoms with van der Waals surface area (Å²) in [6.45, 7) is 8.83. The number of amides is 1. The molecule has 1 aliphatic rings. The summed E-state index contributed by atoms with van der Waals surface area (Å²) < 4.78 is 15.2. The van der Waals surface area contributed by atoms with E-state index in [-0.39, 0.29) is 53.0 Å². The van der Waals surface area contributed by atoms with E-state index < -0.39 is 11.9 Å². The van der Waals surface area contributed by atoms with Crippen LogP contribution in [0, 0.1) is 12.8 Å². The van der Waals surface area contributed by atoms with Gasteiger partial charge in [0.05, 0.1) is 37.8 Å². The van der Waals surface area contributed by atoms with Gasteiger partial charge in [-0.1, -0.05) is 0 Å². The van der Waals surface area contributed by atoms with Gasteiger partial charge in [-0.05, 0) is 59.2 Å². The van der Waals surface area contributed by atoms with Gasteiger partial charge < -0.3 is 19.5 Å². The summed E-state index contributed by atoms with van der Waals surface area (Å²) >= 11 is 1.00. The minimum Gasteiger partial charge on any atom is -0.466 e. The van der Waals surface area contributed by atoms with Crippen LogP contribution in [0.15, 0.2) is 0 Å². The monoisotopic (exact) mass is 454 g/mol. The number of esters is 3. The van der Waals surface area contributed by atoms with Crippen molar-refractivity contribution in [1.29, 1.82) is 0 Å². The summed E-state index contributed by atoms with van der Waals surface area (Å²) in [4.78, 5) is 51.4. The van der Waals surface area contributed by atoms with Gasteiger partial charge in [0.25, 0.3) is 0 Å². The first-order valence-electron chi connectivity index (χ1n) is 10.5. The molecule has 2 rings (SSSR count). The number of carbonyl (C=O) groups excluding carboxylic acids is 4. The van der Waals surface area contributed by atoms with Crippen LogP contribution in [0.4, 0.5) is 5.00 Å². The molecule has 1 aromatic heterocycles. The van der Waals surface area contributed by atoms with Gasteiger partial charge >= 0.3 is 17.9 Å². The normalized spacial score (nSPS) is 14.7. The Morgan fingerprint density at radius 3 is 2.13 bits per heavy atom. The average Bonchev–Trinajstić information content (AvgIpc) is 3.04. The molecule has 0 spiro atoms. The van der Waals surface area contributed by atoms with Crippen molar-refractivity contribution in [2.45, 2.75) is 40.5 Å². The standard InChI is InChI=1S/C21H30N2O7S/c1-5-28-19(25)14-8-10-23(11-9-14)12-15(24)22-18-16(20(26)29-6-2)13(4)17(31-18)21(27)30-7-3/h14H,5-12H2,1-4H3,(H,22,24). The molecule has 2 heterocycles. The molecule has 0 unspecified atom stereocenters. The second-order valence-corrected chi connectivity index (χ2v) is 8.07. The molecule has 1 aliphatic heterocycles. The number of rotatable bonds is 9. The molecule has 0 aromatic carbocycles. The molecular weight excluding hydrogens is 424 g/mol. The van der Waals surface area contributed by atoms with E-state index in [4.69, 9.17) is 14.2 Å². The highest BCUT2D eigenvalue weighted by Gasteiger charge is 2.29. The summed E-state index contributed by atoms with van der Waals surface area (Å²) in [5.41, 5.74) is 0.594. The fourth-order valence-corrected chi connectivity index (χ4v) is 4.50. The Labute approximate surface area is 186 Å². The Balaban J connectivity index is 2.06. The quantitative estimate of drug-likeness (QED) is 0.448. The Kier molecular flexibility index (Phi) is 9.44. The molecule has 1 N–H and O–H groups in total. The van der Waals surface area contributed by atoms with Crippen LogP contribution in [0.3, 0.4) is 0 Å². The third-order valence-corrected chi connectivity index (χ3v) is 6.10. The van der Waals surface area contributed by atoms with E-state index >= 15 is 0 Å². The Morgan fingerprint density at radius 1 is 0.968 bits per heavy atom. The van der Waals surface area contributed by atoms with Gasteiger partial charge in [0, 0.05) is 0 Å². The molecular formula is C21H30N2O7S. The first kappa shape index (κ1) is 24.8. The van der Waals surface area contributed by atoms with Crippen LogP contribution in [0.1, 0.15) is 59.2 Å². The topological polar surface area (TPSA) is 111 Å². The Bertz CT molecular complexity index is 813. The molecule has 1 saturated heterocycles. The molecule has 0 aliphatic carbocycles. The van der Waals surface area contributed by atoms with Crippen molar-refractivity contribution in [2.24, 2.45) is 5.92 Å². The SMILES string of the molecule is CCOC(=O)c1sc(NC(=O)CN2CCC(C(=O)OCC)CC2)c(C(=O)OCC)c1C. The van der Waals surface area contributed by atoms with Crippen LogP contribution in [0.25, 0.3) is 0 Å². The predicted octanol–water partition coefficient (Wildman–Crippen LogP) is 2.62. The second kappa shape index (κ2) is 11.8. The van der Waals surface area contributed by atoms with Gasteiger partial charge in [0.2, 0.25) is 5.91 Å². The van der Waals surface area contributed by atoms with E-state index in [0.29, 0.717) is 38.1 Å². The Morgan fingerprint density at radius 2 is 1.55 bits per heavy atom. The zero-order chi connectivity index (χ0) is 23.0. The summed E-state index contributed by atoms with van der Waals surface area (Å²) in [7, 11) is 0. The number of thiophene rings is 1. The molecule has 0 saturated carbocycles. The first-order chi connectivity index (χ1) is 14.8. The number of hydrogen-bond acceptors (Lipinski definition) is 9. The van der Waals surface area contributed by atoms with Crippen molar-refractivity contribution in [2.75, 3.05) is 44.8 Å². The van der Waals surface area contributed by atoms with Crippen molar-refractivity contribution >= 4 is 40.2 Å². The zero-order valence-corrected chi connectivity index (χ0v) is 19.3. The lowest BCUT2D eigenvalue weighted by atomic mass is 9.97. The lowest BCUT2D eigenvalue weighted by Crippen LogP contribution is -2.41. The van der Waals surface area contributed by atoms with E-state index in [2.05, 4.69) is 5.32 Å².